The molecular formula is C5H14B3F12KNO-3. The first-order valence-corrected chi connectivity index (χ1v) is 5.03. The zero-order chi connectivity index (χ0) is 19.2. The molecule has 0 aliphatic heterocycles. The first-order chi connectivity index (χ1) is 9.27. The van der Waals surface area contributed by atoms with Gasteiger partial charge in [0.2, 0.25) is 0 Å². The fourth-order valence-electron chi connectivity index (χ4n) is 0.274. The van der Waals surface area contributed by atoms with E-state index < -0.39 is 21.8 Å². The minimum absolute atomic E-state index is 0. The molecule has 0 fully saturated rings. The van der Waals surface area contributed by atoms with Gasteiger partial charge >= 0.3 is 73.1 Å². The van der Waals surface area contributed by atoms with Gasteiger partial charge in [0.1, 0.15) is 0 Å². The summed E-state index contributed by atoms with van der Waals surface area (Å²) in [6.45, 7) is 1.84. The van der Waals surface area contributed by atoms with Crippen LogP contribution in [0.1, 0.15) is 0 Å². The first kappa shape index (κ1) is 35.1. The van der Waals surface area contributed by atoms with Crippen molar-refractivity contribution in [3.63, 3.8) is 0 Å². The second-order valence-electron chi connectivity index (χ2n) is 3.28. The Morgan fingerprint density at radius 3 is 0.870 bits per heavy atom. The van der Waals surface area contributed by atoms with Crippen molar-refractivity contribution in [2.24, 2.45) is 0 Å². The van der Waals surface area contributed by atoms with Crippen molar-refractivity contribution in [3.05, 3.63) is 0 Å². The van der Waals surface area contributed by atoms with Crippen LogP contribution in [0.5, 0.6) is 0 Å². The molecule has 0 rings (SSSR count). The van der Waals surface area contributed by atoms with E-state index in [0.717, 1.165) is 13.2 Å². The van der Waals surface area contributed by atoms with Gasteiger partial charge in [-0.15, -0.1) is 0 Å². The molecule has 0 aliphatic carbocycles. The van der Waals surface area contributed by atoms with Crippen molar-refractivity contribution in [1.82, 2.24) is 4.90 Å². The fraction of sp³-hybridized carbons (Fsp3) is 1.00. The van der Waals surface area contributed by atoms with E-state index in [1.54, 1.807) is 7.11 Å². The van der Waals surface area contributed by atoms with Crippen LogP contribution in [0, 0.1) is 0 Å². The maximum absolute atomic E-state index is 9.75. The van der Waals surface area contributed by atoms with E-state index in [9.17, 15) is 51.8 Å². The molecule has 0 heterocycles. The Hall–Kier alpha value is 0.911. The summed E-state index contributed by atoms with van der Waals surface area (Å²) in [5.41, 5.74) is 0. The molecule has 2 nitrogen and oxygen atoms in total. The van der Waals surface area contributed by atoms with Crippen LogP contribution in [0.15, 0.2) is 0 Å². The average molecular weight is 404 g/mol. The summed E-state index contributed by atoms with van der Waals surface area (Å²) < 4.78 is 122. The Balaban J connectivity index is -0.0000000625. The van der Waals surface area contributed by atoms with Gasteiger partial charge in [-0.1, -0.05) is 0 Å². The fourth-order valence-corrected chi connectivity index (χ4v) is 0.274. The van der Waals surface area contributed by atoms with E-state index in [0.29, 0.717) is 0 Å². The predicted molar refractivity (Wildman–Crippen MR) is 68.1 cm³/mol. The summed E-state index contributed by atoms with van der Waals surface area (Å²) in [6, 6.07) is 0. The molecule has 0 bridgehead atoms. The van der Waals surface area contributed by atoms with Crippen LogP contribution in [-0.2, 0) is 4.74 Å². The van der Waals surface area contributed by atoms with Crippen LogP contribution in [0.2, 0.25) is 0 Å². The molecule has 0 aliphatic rings. The van der Waals surface area contributed by atoms with E-state index in [1.165, 1.54) is 0 Å². The summed E-state index contributed by atoms with van der Waals surface area (Å²) in [6.07, 6.45) is 0. The van der Waals surface area contributed by atoms with Crippen LogP contribution in [-0.4, -0.2) is 112 Å². The molecule has 0 N–H and O–H groups in total. The van der Waals surface area contributed by atoms with Crippen molar-refractivity contribution >= 4 is 73.1 Å². The second-order valence-corrected chi connectivity index (χ2v) is 3.28. The molecule has 18 heteroatoms. The van der Waals surface area contributed by atoms with Crippen molar-refractivity contribution in [1.29, 1.82) is 0 Å². The first-order valence-electron chi connectivity index (χ1n) is 5.03. The Morgan fingerprint density at radius 2 is 0.826 bits per heavy atom. The quantitative estimate of drug-likeness (QED) is 0.529. The zero-order valence-electron chi connectivity index (χ0n) is 11.5. The molecule has 0 aromatic rings. The van der Waals surface area contributed by atoms with E-state index >= 15 is 0 Å². The molecule has 0 saturated carbocycles. The molecule has 0 spiro atoms. The van der Waals surface area contributed by atoms with Crippen molar-refractivity contribution in [2.45, 2.75) is 0 Å². The number of methoxy groups -OCH3 is 1. The molecule has 0 amide bonds. The summed E-state index contributed by atoms with van der Waals surface area (Å²) in [5.74, 6) is 0. The number of nitrogens with zero attached hydrogens (tertiary/aromatic N) is 1. The van der Waals surface area contributed by atoms with E-state index in [2.05, 4.69) is 4.90 Å². The molecule has 23 heavy (non-hydrogen) atoms. The normalized spacial score (nSPS) is 11.0. The van der Waals surface area contributed by atoms with E-state index in [-0.39, 0.29) is 51.4 Å². The standard InChI is InChI=1S/C5H13NO.3BF4.K.H/c1-6(2)4-5-7-3;3*2-1(3,4)5;;/h4-5H2,1-3H3;;;;;/q;3*-1;;. The number of likely N-dealkylation sites (N-methyl/N-ethyl adjacent to an activating group) is 1. The Labute approximate surface area is 168 Å². The van der Waals surface area contributed by atoms with Crippen molar-refractivity contribution < 1.29 is 56.5 Å². The molecular weight excluding hydrogens is 390 g/mol. The third-order valence-electron chi connectivity index (χ3n) is 0.743. The summed E-state index contributed by atoms with van der Waals surface area (Å²) in [4.78, 5) is 2.09. The third-order valence-corrected chi connectivity index (χ3v) is 0.743. The van der Waals surface area contributed by atoms with Gasteiger partial charge in [0.05, 0.1) is 6.61 Å². The minimum atomic E-state index is -6.00. The maximum atomic E-state index is 9.75. The summed E-state index contributed by atoms with van der Waals surface area (Å²) >= 11 is 0. The Bertz CT molecular complexity index is 188. The monoisotopic (exact) mass is 404 g/mol. The van der Waals surface area contributed by atoms with Crippen LogP contribution in [0.4, 0.5) is 51.8 Å². The van der Waals surface area contributed by atoms with Gasteiger partial charge in [0.15, 0.2) is 0 Å². The van der Waals surface area contributed by atoms with Crippen LogP contribution in [0.25, 0.3) is 0 Å². The Morgan fingerprint density at radius 1 is 0.652 bits per heavy atom. The van der Waals surface area contributed by atoms with Gasteiger partial charge in [-0.2, -0.15) is 0 Å². The summed E-state index contributed by atoms with van der Waals surface area (Å²) in [5, 5.41) is 0. The van der Waals surface area contributed by atoms with Crippen molar-refractivity contribution in [2.75, 3.05) is 34.4 Å². The molecule has 0 aromatic carbocycles. The number of ether oxygens (including phenoxy) is 1. The summed E-state index contributed by atoms with van der Waals surface area (Å²) in [7, 11) is -12.2. The van der Waals surface area contributed by atoms with Gasteiger partial charge in [0, 0.05) is 13.7 Å². The van der Waals surface area contributed by atoms with Crippen LogP contribution < -0.4 is 0 Å². The molecule has 0 aromatic heterocycles. The topological polar surface area (TPSA) is 12.5 Å². The number of hydrogen-bond donors (Lipinski definition) is 0. The number of halogens is 12. The molecule has 142 valence electrons. The van der Waals surface area contributed by atoms with Crippen LogP contribution >= 0.6 is 0 Å². The van der Waals surface area contributed by atoms with Gasteiger partial charge < -0.3 is 61.4 Å². The van der Waals surface area contributed by atoms with Gasteiger partial charge in [-0.3, -0.25) is 0 Å². The molecule has 0 saturated heterocycles. The molecule has 0 radical (unpaired) electrons. The van der Waals surface area contributed by atoms with E-state index in [4.69, 9.17) is 4.74 Å². The predicted octanol–water partition coefficient (Wildman–Crippen LogP) is 3.45. The van der Waals surface area contributed by atoms with Crippen LogP contribution in [0.3, 0.4) is 0 Å². The van der Waals surface area contributed by atoms with E-state index in [1.807, 2.05) is 14.1 Å². The number of rotatable bonds is 3. The van der Waals surface area contributed by atoms with Gasteiger partial charge in [-0.05, 0) is 14.1 Å². The SMILES string of the molecule is COCCN(C)C.F[B-](F)(F)F.F[B-](F)(F)F.F[B-](F)(F)F.[KH]. The Kier molecular flexibility index (Phi) is 27.0. The van der Waals surface area contributed by atoms with Gasteiger partial charge in [0.25, 0.3) is 0 Å². The molecule has 0 atom stereocenters. The zero-order valence-corrected chi connectivity index (χ0v) is 11.5. The molecule has 0 unspecified atom stereocenters. The average Bonchev–Trinajstić information content (AvgIpc) is 2.05. The second kappa shape index (κ2) is 17.7. The third kappa shape index (κ3) is 415. The number of hydrogen-bond acceptors (Lipinski definition) is 2. The van der Waals surface area contributed by atoms with Gasteiger partial charge in [-0.25, -0.2) is 0 Å². The van der Waals surface area contributed by atoms with Crippen molar-refractivity contribution in [3.8, 4) is 0 Å².